The second-order valence-electron chi connectivity index (χ2n) is 3.71. The minimum absolute atomic E-state index is 0.233. The minimum atomic E-state index is -1.03. The van der Waals surface area contributed by atoms with Gasteiger partial charge in [-0.2, -0.15) is 0 Å². The number of hydrogen-bond acceptors (Lipinski definition) is 6. The summed E-state index contributed by atoms with van der Waals surface area (Å²) >= 11 is 0. The summed E-state index contributed by atoms with van der Waals surface area (Å²) < 4.78 is 0. The average molecular weight is 226 g/mol. The summed E-state index contributed by atoms with van der Waals surface area (Å²) in [6, 6.07) is 1.54. The molecule has 0 aliphatic heterocycles. The molecule has 0 aromatic carbocycles. The quantitative estimate of drug-likeness (QED) is 0.457. The van der Waals surface area contributed by atoms with E-state index in [4.69, 9.17) is 11.5 Å². The molecule has 0 radical (unpaired) electrons. The predicted molar refractivity (Wildman–Crippen MR) is 62.7 cm³/mol. The van der Waals surface area contributed by atoms with Gasteiger partial charge in [0.1, 0.15) is 11.9 Å². The highest BCUT2D eigenvalue weighted by atomic mass is 16.3. The lowest BCUT2D eigenvalue weighted by Gasteiger charge is -2.19. The third kappa shape index (κ3) is 2.60. The number of aryl methyl sites for hydroxylation is 1. The zero-order chi connectivity index (χ0) is 12.3. The van der Waals surface area contributed by atoms with Gasteiger partial charge in [0.15, 0.2) is 0 Å². The van der Waals surface area contributed by atoms with Gasteiger partial charge < -0.3 is 27.0 Å². The molecule has 90 valence electrons. The molecule has 0 spiro atoms. The fourth-order valence-electron chi connectivity index (χ4n) is 1.48. The molecule has 16 heavy (non-hydrogen) atoms. The summed E-state index contributed by atoms with van der Waals surface area (Å²) in [6.07, 6.45) is -1.93. The normalized spacial score (nSPS) is 14.8. The van der Waals surface area contributed by atoms with Crippen molar-refractivity contribution in [3.05, 3.63) is 17.3 Å². The third-order valence-electron chi connectivity index (χ3n) is 2.41. The highest BCUT2D eigenvalue weighted by Crippen LogP contribution is 2.24. The summed E-state index contributed by atoms with van der Waals surface area (Å²) in [7, 11) is 1.69. The first kappa shape index (κ1) is 12.7. The number of nitrogens with one attached hydrogen (secondary N) is 1. The van der Waals surface area contributed by atoms with E-state index in [-0.39, 0.29) is 12.4 Å². The molecule has 1 rings (SSSR count). The molecular formula is C10H18N4O2. The number of nitrogen functional groups attached to an aromatic ring is 2. The van der Waals surface area contributed by atoms with E-state index in [1.54, 1.807) is 20.0 Å². The van der Waals surface area contributed by atoms with Crippen LogP contribution < -0.4 is 16.8 Å². The standard InChI is InChI=1S/C10H18N4O2/c1-5-6(3-7(11)10(12)14-5)9(16)8(15)4-13-2/h3,8-9,13,15-16H,4,11H2,1-2H3,(H2,12,14). The maximum atomic E-state index is 9.89. The first-order valence-electron chi connectivity index (χ1n) is 5.00. The zero-order valence-electron chi connectivity index (χ0n) is 9.44. The molecule has 0 amide bonds. The van der Waals surface area contributed by atoms with Crippen molar-refractivity contribution in [2.45, 2.75) is 19.1 Å². The molecule has 1 aromatic rings. The van der Waals surface area contributed by atoms with Crippen LogP contribution in [0.3, 0.4) is 0 Å². The van der Waals surface area contributed by atoms with E-state index in [0.29, 0.717) is 16.9 Å². The lowest BCUT2D eigenvalue weighted by atomic mass is 10.0. The van der Waals surface area contributed by atoms with Crippen molar-refractivity contribution in [2.75, 3.05) is 25.1 Å². The van der Waals surface area contributed by atoms with Crippen molar-refractivity contribution in [1.82, 2.24) is 10.3 Å². The molecule has 2 atom stereocenters. The Morgan fingerprint density at radius 1 is 1.44 bits per heavy atom. The largest absolute Gasteiger partial charge is 0.396 e. The van der Waals surface area contributed by atoms with Crippen molar-refractivity contribution in [1.29, 1.82) is 0 Å². The van der Waals surface area contributed by atoms with Crippen LogP contribution in [0.1, 0.15) is 17.4 Å². The molecule has 2 unspecified atom stereocenters. The zero-order valence-corrected chi connectivity index (χ0v) is 9.44. The molecule has 0 bridgehead atoms. The van der Waals surface area contributed by atoms with Crippen LogP contribution in [-0.2, 0) is 0 Å². The summed E-state index contributed by atoms with van der Waals surface area (Å²) in [4.78, 5) is 4.00. The van der Waals surface area contributed by atoms with Gasteiger partial charge in [-0.05, 0) is 20.0 Å². The van der Waals surface area contributed by atoms with Gasteiger partial charge in [-0.25, -0.2) is 4.98 Å². The fourth-order valence-corrected chi connectivity index (χ4v) is 1.48. The molecular weight excluding hydrogens is 208 g/mol. The van der Waals surface area contributed by atoms with Crippen LogP contribution in [0.25, 0.3) is 0 Å². The molecule has 0 saturated carbocycles. The van der Waals surface area contributed by atoms with Crippen LogP contribution in [0.5, 0.6) is 0 Å². The molecule has 1 heterocycles. The van der Waals surface area contributed by atoms with Gasteiger partial charge >= 0.3 is 0 Å². The number of aliphatic hydroxyl groups excluding tert-OH is 2. The van der Waals surface area contributed by atoms with Crippen LogP contribution in [0.15, 0.2) is 6.07 Å². The van der Waals surface area contributed by atoms with Crippen molar-refractivity contribution < 1.29 is 10.2 Å². The fraction of sp³-hybridized carbons (Fsp3) is 0.500. The number of aliphatic hydroxyl groups is 2. The monoisotopic (exact) mass is 226 g/mol. The number of nitrogens with zero attached hydrogens (tertiary/aromatic N) is 1. The van der Waals surface area contributed by atoms with E-state index in [1.807, 2.05) is 0 Å². The second-order valence-corrected chi connectivity index (χ2v) is 3.71. The van der Waals surface area contributed by atoms with Gasteiger partial charge in [0.05, 0.1) is 11.8 Å². The van der Waals surface area contributed by atoms with Gasteiger partial charge in [-0.3, -0.25) is 0 Å². The highest BCUT2D eigenvalue weighted by Gasteiger charge is 2.20. The topological polar surface area (TPSA) is 117 Å². The second kappa shape index (κ2) is 5.11. The van der Waals surface area contributed by atoms with E-state index >= 15 is 0 Å². The molecule has 0 aliphatic carbocycles. The van der Waals surface area contributed by atoms with Crippen LogP contribution in [-0.4, -0.2) is 34.9 Å². The first-order valence-corrected chi connectivity index (χ1v) is 5.00. The number of rotatable bonds is 4. The summed E-state index contributed by atoms with van der Waals surface area (Å²) in [5.74, 6) is 0.233. The van der Waals surface area contributed by atoms with Crippen LogP contribution in [0.2, 0.25) is 0 Å². The van der Waals surface area contributed by atoms with E-state index in [9.17, 15) is 10.2 Å². The Morgan fingerprint density at radius 3 is 2.62 bits per heavy atom. The van der Waals surface area contributed by atoms with Gasteiger partial charge in [-0.1, -0.05) is 0 Å². The third-order valence-corrected chi connectivity index (χ3v) is 2.41. The smallest absolute Gasteiger partial charge is 0.146 e. The van der Waals surface area contributed by atoms with E-state index < -0.39 is 12.2 Å². The Hall–Kier alpha value is -1.37. The molecule has 0 aliphatic rings. The number of aromatic nitrogens is 1. The maximum Gasteiger partial charge on any atom is 0.146 e. The number of pyridine rings is 1. The van der Waals surface area contributed by atoms with E-state index in [2.05, 4.69) is 10.3 Å². The number of hydrogen-bond donors (Lipinski definition) is 5. The Kier molecular flexibility index (Phi) is 4.05. The SMILES string of the molecule is CNCC(O)C(O)c1cc(N)c(N)nc1C. The molecule has 0 fully saturated rings. The predicted octanol–water partition coefficient (Wildman–Crippen LogP) is -0.832. The van der Waals surface area contributed by atoms with E-state index in [1.165, 1.54) is 0 Å². The van der Waals surface area contributed by atoms with Crippen molar-refractivity contribution >= 4 is 11.5 Å². The summed E-state index contributed by atoms with van der Waals surface area (Å²) in [6.45, 7) is 1.99. The maximum absolute atomic E-state index is 9.89. The van der Waals surface area contributed by atoms with Gasteiger partial charge in [0.25, 0.3) is 0 Å². The highest BCUT2D eigenvalue weighted by molar-refractivity contribution is 5.60. The number of nitrogens with two attached hydrogens (primary N) is 2. The number of likely N-dealkylation sites (N-methyl/N-ethyl adjacent to an activating group) is 1. The Bertz CT molecular complexity index is 370. The molecule has 6 nitrogen and oxygen atoms in total. The molecule has 7 N–H and O–H groups in total. The Balaban J connectivity index is 2.99. The number of anilines is 2. The lowest BCUT2D eigenvalue weighted by molar-refractivity contribution is 0.0197. The van der Waals surface area contributed by atoms with E-state index in [0.717, 1.165) is 0 Å². The first-order chi connectivity index (χ1) is 7.47. The van der Waals surface area contributed by atoms with Crippen molar-refractivity contribution in [3.63, 3.8) is 0 Å². The average Bonchev–Trinajstić information content (AvgIpc) is 2.23. The summed E-state index contributed by atoms with van der Waals surface area (Å²) in [5, 5.41) is 22.3. The van der Waals surface area contributed by atoms with Crippen LogP contribution >= 0.6 is 0 Å². The Morgan fingerprint density at radius 2 is 2.06 bits per heavy atom. The van der Waals surface area contributed by atoms with Gasteiger partial charge in [0.2, 0.25) is 0 Å². The molecule has 1 aromatic heterocycles. The van der Waals surface area contributed by atoms with Crippen LogP contribution in [0.4, 0.5) is 11.5 Å². The van der Waals surface area contributed by atoms with Crippen molar-refractivity contribution in [3.8, 4) is 0 Å². The lowest BCUT2D eigenvalue weighted by Crippen LogP contribution is -2.30. The van der Waals surface area contributed by atoms with Crippen molar-refractivity contribution in [2.24, 2.45) is 0 Å². The van der Waals surface area contributed by atoms with Gasteiger partial charge in [-0.15, -0.1) is 0 Å². The van der Waals surface area contributed by atoms with Crippen LogP contribution in [0, 0.1) is 6.92 Å². The molecule has 0 saturated heterocycles. The van der Waals surface area contributed by atoms with Gasteiger partial charge in [0, 0.05) is 17.8 Å². The minimum Gasteiger partial charge on any atom is -0.396 e. The Labute approximate surface area is 94.3 Å². The molecule has 6 heteroatoms. The summed E-state index contributed by atoms with van der Waals surface area (Å²) in [5.41, 5.74) is 12.5.